The van der Waals surface area contributed by atoms with Crippen molar-refractivity contribution < 1.29 is 18.7 Å². The second-order valence-electron chi connectivity index (χ2n) is 9.51. The van der Waals surface area contributed by atoms with Crippen LogP contribution in [0.25, 0.3) is 33.4 Å². The van der Waals surface area contributed by atoms with Crippen molar-refractivity contribution in [2.75, 3.05) is 47.0 Å². The molecule has 0 bridgehead atoms. The van der Waals surface area contributed by atoms with E-state index in [4.69, 9.17) is 21.1 Å². The zero-order valence-corrected chi connectivity index (χ0v) is 22.5. The Morgan fingerprint density at radius 1 is 1.28 bits per heavy atom. The van der Waals surface area contributed by atoms with E-state index in [1.165, 1.54) is 12.1 Å². The normalized spacial score (nSPS) is 15.9. The van der Waals surface area contributed by atoms with Gasteiger partial charge in [-0.25, -0.2) is 4.39 Å². The highest BCUT2D eigenvalue weighted by molar-refractivity contribution is 6.31. The number of carbonyl (C=O) groups is 1. The van der Waals surface area contributed by atoms with Crippen molar-refractivity contribution in [3.63, 3.8) is 0 Å². The number of nitrogens with zero attached hydrogens (tertiary/aromatic N) is 4. The second kappa shape index (κ2) is 11.9. The van der Waals surface area contributed by atoms with Gasteiger partial charge in [-0.15, -0.1) is 0 Å². The van der Waals surface area contributed by atoms with Crippen LogP contribution in [0.4, 0.5) is 4.39 Å². The van der Waals surface area contributed by atoms with E-state index in [-0.39, 0.29) is 18.6 Å². The fraction of sp³-hybridized carbons (Fsp3) is 0.276. The number of likely N-dealkylation sites (N-methyl/N-ethyl adjacent to an activating group) is 1. The van der Waals surface area contributed by atoms with E-state index < -0.39 is 5.82 Å². The average molecular weight is 550 g/mol. The summed E-state index contributed by atoms with van der Waals surface area (Å²) in [6, 6.07) is 9.66. The molecule has 1 saturated heterocycles. The number of pyridine rings is 2. The van der Waals surface area contributed by atoms with E-state index in [0.717, 1.165) is 5.52 Å². The molecule has 0 radical (unpaired) electrons. The minimum absolute atomic E-state index is 0.0828. The lowest BCUT2D eigenvalue weighted by Gasteiger charge is -2.34. The molecule has 1 aliphatic rings. The molecule has 1 aromatic carbocycles. The largest absolute Gasteiger partial charge is 0.489 e. The number of rotatable bonds is 8. The Bertz CT molecular complexity index is 1510. The summed E-state index contributed by atoms with van der Waals surface area (Å²) in [4.78, 5) is 28.8. The molecule has 4 aromatic rings. The molecule has 10 heteroatoms. The van der Waals surface area contributed by atoms with Crippen LogP contribution < -0.4 is 4.74 Å². The summed E-state index contributed by atoms with van der Waals surface area (Å²) in [5.74, 6) is -0.0195. The van der Waals surface area contributed by atoms with Gasteiger partial charge in [-0.2, -0.15) is 0 Å². The lowest BCUT2D eigenvalue weighted by molar-refractivity contribution is -0.135. The van der Waals surface area contributed by atoms with Crippen molar-refractivity contribution in [2.45, 2.75) is 6.04 Å². The number of ether oxygens (including phenoxy) is 2. The summed E-state index contributed by atoms with van der Waals surface area (Å²) in [5.41, 5.74) is 3.56. The zero-order chi connectivity index (χ0) is 27.4. The molecule has 0 aliphatic carbocycles. The van der Waals surface area contributed by atoms with E-state index in [2.05, 4.69) is 15.0 Å². The minimum Gasteiger partial charge on any atom is -0.489 e. The van der Waals surface area contributed by atoms with E-state index in [1.807, 2.05) is 37.2 Å². The summed E-state index contributed by atoms with van der Waals surface area (Å²) >= 11 is 6.25. The van der Waals surface area contributed by atoms with E-state index in [1.54, 1.807) is 41.7 Å². The highest BCUT2D eigenvalue weighted by Gasteiger charge is 2.28. The molecule has 1 aliphatic heterocycles. The van der Waals surface area contributed by atoms with Crippen LogP contribution in [0.15, 0.2) is 67.1 Å². The zero-order valence-electron chi connectivity index (χ0n) is 21.7. The summed E-state index contributed by atoms with van der Waals surface area (Å²) in [6.07, 6.45) is 8.36. The Morgan fingerprint density at radius 3 is 3.00 bits per heavy atom. The smallest absolute Gasteiger partial charge is 0.246 e. The molecule has 39 heavy (non-hydrogen) atoms. The molecule has 1 amide bonds. The molecule has 1 fully saturated rings. The van der Waals surface area contributed by atoms with Gasteiger partial charge >= 0.3 is 0 Å². The maximum Gasteiger partial charge on any atom is 0.246 e. The lowest BCUT2D eigenvalue weighted by Crippen LogP contribution is -2.51. The third kappa shape index (κ3) is 5.95. The second-order valence-corrected chi connectivity index (χ2v) is 9.94. The van der Waals surface area contributed by atoms with Crippen LogP contribution in [0, 0.1) is 5.82 Å². The molecule has 5 rings (SSSR count). The fourth-order valence-electron chi connectivity index (χ4n) is 4.60. The first kappa shape index (κ1) is 26.8. The van der Waals surface area contributed by atoms with Gasteiger partial charge in [0.05, 0.1) is 42.2 Å². The van der Waals surface area contributed by atoms with Gasteiger partial charge < -0.3 is 24.3 Å². The summed E-state index contributed by atoms with van der Waals surface area (Å²) in [7, 11) is 3.89. The molecular formula is C29H29ClFN5O3. The van der Waals surface area contributed by atoms with Crippen LogP contribution >= 0.6 is 11.6 Å². The third-order valence-electron chi connectivity index (χ3n) is 6.48. The monoisotopic (exact) mass is 549 g/mol. The fourth-order valence-corrected chi connectivity index (χ4v) is 4.78. The maximum atomic E-state index is 15.1. The SMILES string of the molecule is CN(C)C/C=C/C(=O)N1CCOCC1COc1cnccc1-c1[nH]c2cccnc2c1-c1cc(Cl)ccc1F. The number of halogens is 2. The molecule has 202 valence electrons. The molecule has 0 saturated carbocycles. The van der Waals surface area contributed by atoms with Gasteiger partial charge in [0.2, 0.25) is 5.91 Å². The topological polar surface area (TPSA) is 83.6 Å². The molecule has 8 nitrogen and oxygen atoms in total. The molecule has 3 aromatic heterocycles. The first-order valence-electron chi connectivity index (χ1n) is 12.6. The van der Waals surface area contributed by atoms with Crippen molar-refractivity contribution in [2.24, 2.45) is 0 Å². The summed E-state index contributed by atoms with van der Waals surface area (Å²) < 4.78 is 27.0. The van der Waals surface area contributed by atoms with Crippen LogP contribution in [-0.2, 0) is 9.53 Å². The van der Waals surface area contributed by atoms with Gasteiger partial charge in [0.25, 0.3) is 0 Å². The number of amides is 1. The van der Waals surface area contributed by atoms with Gasteiger partial charge in [-0.05, 0) is 50.5 Å². The summed E-state index contributed by atoms with van der Waals surface area (Å²) in [5, 5.41) is 0.413. The number of nitrogens with one attached hydrogen (secondary N) is 1. The van der Waals surface area contributed by atoms with Crippen molar-refractivity contribution in [1.82, 2.24) is 24.8 Å². The highest BCUT2D eigenvalue weighted by Crippen LogP contribution is 2.42. The number of aromatic amines is 1. The predicted octanol–water partition coefficient (Wildman–Crippen LogP) is 4.81. The van der Waals surface area contributed by atoms with Gasteiger partial charge in [0.1, 0.15) is 18.2 Å². The van der Waals surface area contributed by atoms with Crippen LogP contribution in [0.2, 0.25) is 5.02 Å². The number of benzene rings is 1. The molecule has 4 heterocycles. The number of fused-ring (bicyclic) bond motifs is 1. The van der Waals surface area contributed by atoms with Crippen molar-refractivity contribution in [3.05, 3.63) is 78.0 Å². The predicted molar refractivity (Wildman–Crippen MR) is 149 cm³/mol. The quantitative estimate of drug-likeness (QED) is 0.318. The molecule has 0 spiro atoms. The number of aromatic nitrogens is 3. The highest BCUT2D eigenvalue weighted by atomic mass is 35.5. The van der Waals surface area contributed by atoms with Crippen molar-refractivity contribution >= 4 is 28.5 Å². The first-order chi connectivity index (χ1) is 18.9. The number of morpholine rings is 1. The van der Waals surface area contributed by atoms with Crippen LogP contribution in [0.1, 0.15) is 0 Å². The Morgan fingerprint density at radius 2 is 2.15 bits per heavy atom. The molecule has 1 atom stereocenters. The van der Waals surface area contributed by atoms with Crippen LogP contribution in [-0.4, -0.2) is 83.7 Å². The van der Waals surface area contributed by atoms with E-state index >= 15 is 4.39 Å². The third-order valence-corrected chi connectivity index (χ3v) is 6.71. The maximum absolute atomic E-state index is 15.1. The van der Waals surface area contributed by atoms with Gasteiger partial charge in [0, 0.05) is 53.3 Å². The Hall–Kier alpha value is -3.79. The van der Waals surface area contributed by atoms with Gasteiger partial charge in [0.15, 0.2) is 0 Å². The van der Waals surface area contributed by atoms with Crippen molar-refractivity contribution in [3.8, 4) is 28.1 Å². The Labute approximate surface area is 231 Å². The van der Waals surface area contributed by atoms with Gasteiger partial charge in [-0.3, -0.25) is 14.8 Å². The van der Waals surface area contributed by atoms with Crippen LogP contribution in [0.3, 0.4) is 0 Å². The number of hydrogen-bond acceptors (Lipinski definition) is 6. The van der Waals surface area contributed by atoms with E-state index in [0.29, 0.717) is 65.0 Å². The standard InChI is InChI=1S/C29H29ClFN5O3/c1-35(2)12-4-6-26(37)36-13-14-38-17-20(36)18-39-25-16-32-11-9-21(25)28-27(22-15-19(30)7-8-23(22)31)29-24(34-28)5-3-10-33-29/h3-11,15-16,20,34H,12-14,17-18H2,1-2H3/b6-4+. The molecule has 1 unspecified atom stereocenters. The number of H-pyrrole nitrogens is 1. The van der Waals surface area contributed by atoms with Crippen LogP contribution in [0.5, 0.6) is 5.75 Å². The molecule has 1 N–H and O–H groups in total. The average Bonchev–Trinajstić information content (AvgIpc) is 3.32. The summed E-state index contributed by atoms with van der Waals surface area (Å²) in [6.45, 7) is 2.18. The lowest BCUT2D eigenvalue weighted by atomic mass is 10.00. The first-order valence-corrected chi connectivity index (χ1v) is 13.0. The minimum atomic E-state index is -0.417. The number of carbonyl (C=O) groups excluding carboxylic acids is 1. The van der Waals surface area contributed by atoms with Gasteiger partial charge in [-0.1, -0.05) is 17.7 Å². The van der Waals surface area contributed by atoms with Crippen molar-refractivity contribution in [1.29, 1.82) is 0 Å². The molecular weight excluding hydrogens is 521 g/mol. The Kier molecular flexibility index (Phi) is 8.21. The number of hydrogen-bond donors (Lipinski definition) is 1. The van der Waals surface area contributed by atoms with E-state index in [9.17, 15) is 4.79 Å². The Balaban J connectivity index is 1.47.